The van der Waals surface area contributed by atoms with E-state index in [1.54, 1.807) is 0 Å². The van der Waals surface area contributed by atoms with Crippen molar-refractivity contribution in [1.82, 2.24) is 9.13 Å². The Kier molecular flexibility index (Phi) is 7.13. The molecule has 0 atom stereocenters. The number of hydrogen-bond acceptors (Lipinski definition) is 1. The number of thiophene rings is 1. The number of fused-ring (bicyclic) bond motifs is 9. The van der Waals surface area contributed by atoms with Crippen LogP contribution >= 0.6 is 11.3 Å². The third-order valence-corrected chi connectivity index (χ3v) is 12.9. The van der Waals surface area contributed by atoms with Crippen molar-refractivity contribution in [3.05, 3.63) is 206 Å². The van der Waals surface area contributed by atoms with Crippen molar-refractivity contribution in [2.45, 2.75) is 0 Å². The molecule has 3 heteroatoms. The molecule has 0 aliphatic carbocycles. The Morgan fingerprint density at radius 1 is 0.246 bits per heavy atom. The summed E-state index contributed by atoms with van der Waals surface area (Å²) in [4.78, 5) is 0. The van der Waals surface area contributed by atoms with Crippen molar-refractivity contribution < 1.29 is 0 Å². The zero-order chi connectivity index (χ0) is 37.5. The lowest BCUT2D eigenvalue weighted by Gasteiger charge is -2.10. The molecule has 3 heterocycles. The Bertz CT molecular complexity index is 3490. The maximum atomic E-state index is 2.40. The van der Waals surface area contributed by atoms with Gasteiger partial charge < -0.3 is 9.13 Å². The Labute approximate surface area is 333 Å². The van der Waals surface area contributed by atoms with E-state index in [2.05, 4.69) is 215 Å². The summed E-state index contributed by atoms with van der Waals surface area (Å²) in [5.41, 5.74) is 14.5. The second-order valence-corrected chi connectivity index (χ2v) is 16.0. The lowest BCUT2D eigenvalue weighted by atomic mass is 9.98. The molecule has 0 fully saturated rings. The summed E-state index contributed by atoms with van der Waals surface area (Å²) < 4.78 is 7.45. The van der Waals surface area contributed by atoms with Crippen molar-refractivity contribution in [2.75, 3.05) is 0 Å². The highest BCUT2D eigenvalue weighted by Crippen LogP contribution is 2.39. The first-order chi connectivity index (χ1) is 28.2. The van der Waals surface area contributed by atoms with Gasteiger partial charge in [-0.25, -0.2) is 0 Å². The molecule has 0 aliphatic rings. The molecule has 57 heavy (non-hydrogen) atoms. The van der Waals surface area contributed by atoms with Crippen LogP contribution in [0.25, 0.3) is 109 Å². The van der Waals surface area contributed by atoms with Crippen LogP contribution in [0.4, 0.5) is 0 Å². The van der Waals surface area contributed by atoms with Crippen LogP contribution < -0.4 is 0 Å². The Hall–Kier alpha value is -7.20. The second-order valence-electron chi connectivity index (χ2n) is 14.9. The predicted molar refractivity (Wildman–Crippen MR) is 244 cm³/mol. The highest BCUT2D eigenvalue weighted by molar-refractivity contribution is 7.25. The molecule has 0 aliphatic heterocycles. The van der Waals surface area contributed by atoms with E-state index in [1.807, 2.05) is 11.3 Å². The maximum Gasteiger partial charge on any atom is 0.0547 e. The van der Waals surface area contributed by atoms with Crippen LogP contribution in [-0.2, 0) is 0 Å². The number of hydrogen-bond donors (Lipinski definition) is 0. The molecule has 0 bridgehead atoms. The standard InChI is InChI=1S/C54H34N2S/c1-2-10-41(11-3-1)56-49-15-7-4-12-43(49)45-29-24-39(33-52(45)56)36-20-18-35(19-21-36)38-26-31-51-48(32-38)44-13-5-8-16-50(44)55(51)42-27-22-37(23-28-42)40-25-30-47-46-14-6-9-17-53(46)57-54(47)34-40/h1-34H. The van der Waals surface area contributed by atoms with Gasteiger partial charge in [0.05, 0.1) is 22.1 Å². The van der Waals surface area contributed by atoms with Gasteiger partial charge >= 0.3 is 0 Å². The zero-order valence-corrected chi connectivity index (χ0v) is 31.7. The maximum absolute atomic E-state index is 2.40. The molecule has 3 aromatic heterocycles. The van der Waals surface area contributed by atoms with E-state index < -0.39 is 0 Å². The molecule has 266 valence electrons. The summed E-state index contributed by atoms with van der Waals surface area (Å²) in [7, 11) is 0. The van der Waals surface area contributed by atoms with Crippen molar-refractivity contribution in [3.63, 3.8) is 0 Å². The van der Waals surface area contributed by atoms with Crippen LogP contribution in [0.15, 0.2) is 206 Å². The number of rotatable bonds is 5. The van der Waals surface area contributed by atoms with E-state index in [0.29, 0.717) is 0 Å². The lowest BCUT2D eigenvalue weighted by molar-refractivity contribution is 1.18. The summed E-state index contributed by atoms with van der Waals surface area (Å²) in [6.45, 7) is 0. The lowest BCUT2D eigenvalue weighted by Crippen LogP contribution is -1.93. The molecule has 9 aromatic carbocycles. The van der Waals surface area contributed by atoms with E-state index in [0.717, 1.165) is 5.69 Å². The first-order valence-corrected chi connectivity index (χ1v) is 20.3. The van der Waals surface area contributed by atoms with Crippen LogP contribution in [0, 0.1) is 0 Å². The molecule has 0 amide bonds. The summed E-state index contributed by atoms with van der Waals surface area (Å²) in [6.07, 6.45) is 0. The largest absolute Gasteiger partial charge is 0.309 e. The van der Waals surface area contributed by atoms with Gasteiger partial charge in [-0.2, -0.15) is 0 Å². The molecule has 0 spiro atoms. The van der Waals surface area contributed by atoms with E-state index >= 15 is 0 Å². The molecule has 0 saturated carbocycles. The molecule has 0 radical (unpaired) electrons. The van der Waals surface area contributed by atoms with Crippen LogP contribution in [0.1, 0.15) is 0 Å². The fourth-order valence-electron chi connectivity index (χ4n) is 9.00. The van der Waals surface area contributed by atoms with Gasteiger partial charge in [0.1, 0.15) is 0 Å². The van der Waals surface area contributed by atoms with Gasteiger partial charge in [0.15, 0.2) is 0 Å². The SMILES string of the molecule is c1ccc(-n2c3ccccc3c3ccc(-c4ccc(-c5ccc6c(c5)c5ccccc5n6-c5ccc(-c6ccc7c(c6)sc6ccccc67)cc5)cc4)cc32)cc1. The molecule has 0 saturated heterocycles. The Morgan fingerprint density at radius 2 is 0.684 bits per heavy atom. The minimum absolute atomic E-state index is 1.16. The Morgan fingerprint density at radius 3 is 1.40 bits per heavy atom. The van der Waals surface area contributed by atoms with Crippen molar-refractivity contribution in [1.29, 1.82) is 0 Å². The topological polar surface area (TPSA) is 9.86 Å². The highest BCUT2D eigenvalue weighted by atomic mass is 32.1. The van der Waals surface area contributed by atoms with Crippen molar-refractivity contribution in [2.24, 2.45) is 0 Å². The molecule has 0 unspecified atom stereocenters. The summed E-state index contributed by atoms with van der Waals surface area (Å²) >= 11 is 1.87. The molecule has 2 nitrogen and oxygen atoms in total. The van der Waals surface area contributed by atoms with Crippen LogP contribution in [-0.4, -0.2) is 9.13 Å². The zero-order valence-electron chi connectivity index (χ0n) is 30.9. The van der Waals surface area contributed by atoms with Gasteiger partial charge in [0, 0.05) is 53.1 Å². The number of nitrogens with zero attached hydrogens (tertiary/aromatic N) is 2. The fourth-order valence-corrected chi connectivity index (χ4v) is 10.1. The van der Waals surface area contributed by atoms with E-state index in [9.17, 15) is 0 Å². The van der Waals surface area contributed by atoms with E-state index in [4.69, 9.17) is 0 Å². The number of para-hydroxylation sites is 3. The summed E-state index contributed by atoms with van der Waals surface area (Å²) in [6, 6.07) is 75.6. The van der Waals surface area contributed by atoms with Crippen LogP contribution in [0.2, 0.25) is 0 Å². The van der Waals surface area contributed by atoms with Gasteiger partial charge in [0.2, 0.25) is 0 Å². The van der Waals surface area contributed by atoms with Crippen LogP contribution in [0.3, 0.4) is 0 Å². The molecule has 0 N–H and O–H groups in total. The first-order valence-electron chi connectivity index (χ1n) is 19.5. The minimum atomic E-state index is 1.16. The van der Waals surface area contributed by atoms with Gasteiger partial charge in [-0.15, -0.1) is 11.3 Å². The summed E-state index contributed by atoms with van der Waals surface area (Å²) in [5, 5.41) is 7.72. The fraction of sp³-hybridized carbons (Fsp3) is 0. The second kappa shape index (κ2) is 12.7. The smallest absolute Gasteiger partial charge is 0.0547 e. The van der Waals surface area contributed by atoms with Crippen molar-refractivity contribution >= 4 is 75.1 Å². The van der Waals surface area contributed by atoms with E-state index in [-0.39, 0.29) is 0 Å². The predicted octanol–water partition coefficient (Wildman–Crippen LogP) is 15.2. The third-order valence-electron chi connectivity index (χ3n) is 11.7. The summed E-state index contributed by atoms with van der Waals surface area (Å²) in [5.74, 6) is 0. The average Bonchev–Trinajstić information content (AvgIpc) is 3.94. The van der Waals surface area contributed by atoms with Gasteiger partial charge in [-0.3, -0.25) is 0 Å². The van der Waals surface area contributed by atoms with Gasteiger partial charge in [-0.05, 0) is 100 Å². The normalized spacial score (nSPS) is 11.9. The quantitative estimate of drug-likeness (QED) is 0.166. The first kappa shape index (κ1) is 32.1. The Balaban J connectivity index is 0.892. The number of aromatic nitrogens is 2. The molecular formula is C54H34N2S. The highest BCUT2D eigenvalue weighted by Gasteiger charge is 2.16. The molecule has 12 aromatic rings. The monoisotopic (exact) mass is 742 g/mol. The molecule has 12 rings (SSSR count). The average molecular weight is 743 g/mol. The molecular weight excluding hydrogens is 709 g/mol. The third kappa shape index (κ3) is 5.10. The van der Waals surface area contributed by atoms with Crippen LogP contribution in [0.5, 0.6) is 0 Å². The minimum Gasteiger partial charge on any atom is -0.309 e. The van der Waals surface area contributed by atoms with Gasteiger partial charge in [-0.1, -0.05) is 140 Å². The van der Waals surface area contributed by atoms with Crippen molar-refractivity contribution in [3.8, 4) is 44.8 Å². The van der Waals surface area contributed by atoms with E-state index in [1.165, 1.54) is 103 Å². The number of benzene rings is 9. The van der Waals surface area contributed by atoms with Gasteiger partial charge in [0.25, 0.3) is 0 Å².